The van der Waals surface area contributed by atoms with E-state index in [1.54, 1.807) is 6.92 Å². The van der Waals surface area contributed by atoms with Crippen LogP contribution in [0.5, 0.6) is 0 Å². The van der Waals surface area contributed by atoms with E-state index in [0.29, 0.717) is 38.8 Å². The quantitative estimate of drug-likeness (QED) is 0.729. The first-order valence-corrected chi connectivity index (χ1v) is 7.41. The highest BCUT2D eigenvalue weighted by molar-refractivity contribution is 5.71. The number of esters is 1. The van der Waals surface area contributed by atoms with E-state index in [9.17, 15) is 9.18 Å². The number of hydrogen-bond acceptors (Lipinski definition) is 7. The van der Waals surface area contributed by atoms with Gasteiger partial charge in [-0.3, -0.25) is 9.69 Å². The predicted molar refractivity (Wildman–Crippen MR) is 75.9 cm³/mol. The lowest BCUT2D eigenvalue weighted by molar-refractivity contribution is -0.144. The summed E-state index contributed by atoms with van der Waals surface area (Å²) in [5, 5.41) is 0. The lowest BCUT2D eigenvalue weighted by atomic mass is 10.1. The van der Waals surface area contributed by atoms with Gasteiger partial charge in [-0.05, 0) is 6.92 Å². The molecule has 120 valence electrons. The number of hydrogen-bond donors (Lipinski definition) is 0. The van der Waals surface area contributed by atoms with Crippen molar-refractivity contribution in [1.82, 2.24) is 14.9 Å². The maximum Gasteiger partial charge on any atom is 0.320 e. The molecule has 2 aliphatic heterocycles. The second-order valence-electron chi connectivity index (χ2n) is 5.37. The third kappa shape index (κ3) is 3.17. The third-order valence-electron chi connectivity index (χ3n) is 3.90. The second-order valence-corrected chi connectivity index (χ2v) is 5.37. The molecule has 0 saturated carbocycles. The molecule has 0 radical (unpaired) electrons. The summed E-state index contributed by atoms with van der Waals surface area (Å²) in [4.78, 5) is 23.7. The van der Waals surface area contributed by atoms with Crippen molar-refractivity contribution < 1.29 is 18.7 Å². The number of morpholine rings is 1. The number of ether oxygens (including phenoxy) is 2. The van der Waals surface area contributed by atoms with Crippen molar-refractivity contribution in [1.29, 1.82) is 0 Å². The molecule has 0 amide bonds. The van der Waals surface area contributed by atoms with Gasteiger partial charge in [-0.1, -0.05) is 0 Å². The summed E-state index contributed by atoms with van der Waals surface area (Å²) >= 11 is 0. The molecule has 0 aliphatic carbocycles. The largest absolute Gasteiger partial charge is 0.465 e. The summed E-state index contributed by atoms with van der Waals surface area (Å²) in [6, 6.07) is 0.0636. The van der Waals surface area contributed by atoms with Crippen LogP contribution in [-0.2, 0) is 14.3 Å². The molecule has 8 heteroatoms. The van der Waals surface area contributed by atoms with Gasteiger partial charge in [0, 0.05) is 19.6 Å². The van der Waals surface area contributed by atoms with Crippen molar-refractivity contribution >= 4 is 11.9 Å². The van der Waals surface area contributed by atoms with Crippen molar-refractivity contribution in [2.75, 3.05) is 44.3 Å². The topological polar surface area (TPSA) is 67.8 Å². The Balaban J connectivity index is 1.68. The third-order valence-corrected chi connectivity index (χ3v) is 3.90. The molecule has 2 fully saturated rings. The number of fused-ring (bicyclic) bond motifs is 1. The van der Waals surface area contributed by atoms with Crippen LogP contribution in [0.15, 0.2) is 12.4 Å². The van der Waals surface area contributed by atoms with Crippen molar-refractivity contribution in [3.63, 3.8) is 0 Å². The maximum absolute atomic E-state index is 13.0. The van der Waals surface area contributed by atoms with E-state index in [1.807, 2.05) is 9.80 Å². The van der Waals surface area contributed by atoms with Gasteiger partial charge in [0.2, 0.25) is 5.95 Å². The van der Waals surface area contributed by atoms with Gasteiger partial charge >= 0.3 is 5.97 Å². The maximum atomic E-state index is 13.0. The highest BCUT2D eigenvalue weighted by atomic mass is 19.1. The summed E-state index contributed by atoms with van der Waals surface area (Å²) in [6.07, 6.45) is 2.33. The Kier molecular flexibility index (Phi) is 4.49. The Labute approximate surface area is 128 Å². The summed E-state index contributed by atoms with van der Waals surface area (Å²) in [5.74, 6) is -0.188. The zero-order chi connectivity index (χ0) is 15.5. The number of likely N-dealkylation sites (tertiary alicyclic amines) is 1. The Hall–Kier alpha value is -1.80. The Morgan fingerprint density at radius 2 is 2.23 bits per heavy atom. The van der Waals surface area contributed by atoms with E-state index in [0.717, 1.165) is 12.4 Å². The number of aromatic nitrogens is 2. The molecule has 3 rings (SSSR count). The normalized spacial score (nSPS) is 25.1. The van der Waals surface area contributed by atoms with E-state index in [-0.39, 0.29) is 24.7 Å². The second kappa shape index (κ2) is 6.53. The molecular weight excluding hydrogens is 291 g/mol. The van der Waals surface area contributed by atoms with Gasteiger partial charge in [0.15, 0.2) is 5.82 Å². The molecule has 7 nitrogen and oxygen atoms in total. The van der Waals surface area contributed by atoms with Crippen molar-refractivity contribution in [3.05, 3.63) is 18.2 Å². The molecule has 0 unspecified atom stereocenters. The minimum atomic E-state index is -0.455. The van der Waals surface area contributed by atoms with Gasteiger partial charge in [0.25, 0.3) is 0 Å². The molecule has 0 spiro atoms. The summed E-state index contributed by atoms with van der Waals surface area (Å²) in [6.45, 7) is 4.98. The monoisotopic (exact) mass is 310 g/mol. The van der Waals surface area contributed by atoms with Crippen LogP contribution in [0.2, 0.25) is 0 Å². The average Bonchev–Trinajstić information content (AvgIpc) is 2.90. The first kappa shape index (κ1) is 15.1. The SMILES string of the molecule is CCOC(=O)CN1C[C@H]2OCCN(c3ncc(F)cn3)[C@H]2C1. The summed E-state index contributed by atoms with van der Waals surface area (Å²) in [5.41, 5.74) is 0. The van der Waals surface area contributed by atoms with Crippen molar-refractivity contribution in [2.45, 2.75) is 19.1 Å². The lowest BCUT2D eigenvalue weighted by Gasteiger charge is -2.36. The standard InChI is InChI=1S/C14H19FN4O3/c1-2-21-13(20)9-18-7-11-12(8-18)22-4-3-19(11)14-16-5-10(15)6-17-14/h5-6,11-12H,2-4,7-9H2,1H3/t11-,12+/m0/s1. The van der Waals surface area contributed by atoms with Crippen molar-refractivity contribution in [3.8, 4) is 0 Å². The van der Waals surface area contributed by atoms with E-state index >= 15 is 0 Å². The molecule has 22 heavy (non-hydrogen) atoms. The molecule has 2 aliphatic rings. The van der Waals surface area contributed by atoms with Gasteiger partial charge in [-0.25, -0.2) is 14.4 Å². The number of anilines is 1. The van der Waals surface area contributed by atoms with E-state index in [1.165, 1.54) is 0 Å². The fourth-order valence-electron chi connectivity index (χ4n) is 2.98. The molecule has 1 aromatic heterocycles. The number of carbonyl (C=O) groups is 1. The van der Waals surface area contributed by atoms with E-state index in [2.05, 4.69) is 9.97 Å². The molecule has 1 aromatic rings. The van der Waals surface area contributed by atoms with Crippen LogP contribution in [0, 0.1) is 5.82 Å². The first-order valence-electron chi connectivity index (χ1n) is 7.41. The fraction of sp³-hybridized carbons (Fsp3) is 0.643. The highest BCUT2D eigenvalue weighted by Crippen LogP contribution is 2.25. The predicted octanol–water partition coefficient (Wildman–Crippen LogP) is 0.0682. The van der Waals surface area contributed by atoms with Crippen LogP contribution in [0.3, 0.4) is 0 Å². The average molecular weight is 310 g/mol. The molecule has 0 N–H and O–H groups in total. The molecule has 0 bridgehead atoms. The van der Waals surface area contributed by atoms with Gasteiger partial charge in [0.05, 0.1) is 44.3 Å². The van der Waals surface area contributed by atoms with Crippen LogP contribution in [0.1, 0.15) is 6.92 Å². The van der Waals surface area contributed by atoms with E-state index in [4.69, 9.17) is 9.47 Å². The number of nitrogens with zero attached hydrogens (tertiary/aromatic N) is 4. The van der Waals surface area contributed by atoms with E-state index < -0.39 is 5.82 Å². The van der Waals surface area contributed by atoms with Crippen LogP contribution in [-0.4, -0.2) is 72.4 Å². The number of halogens is 1. The van der Waals surface area contributed by atoms with Crippen LogP contribution in [0.4, 0.5) is 10.3 Å². The summed E-state index contributed by atoms with van der Waals surface area (Å²) < 4.78 is 23.7. The van der Waals surface area contributed by atoms with Crippen LogP contribution >= 0.6 is 0 Å². The lowest BCUT2D eigenvalue weighted by Crippen LogP contribution is -2.51. The van der Waals surface area contributed by atoms with Gasteiger partial charge < -0.3 is 14.4 Å². The van der Waals surface area contributed by atoms with Gasteiger partial charge in [0.1, 0.15) is 0 Å². The highest BCUT2D eigenvalue weighted by Gasteiger charge is 2.41. The Morgan fingerprint density at radius 1 is 1.45 bits per heavy atom. The van der Waals surface area contributed by atoms with Crippen molar-refractivity contribution in [2.24, 2.45) is 0 Å². The zero-order valence-corrected chi connectivity index (χ0v) is 12.4. The van der Waals surface area contributed by atoms with Gasteiger partial charge in [-0.2, -0.15) is 0 Å². The molecule has 2 saturated heterocycles. The zero-order valence-electron chi connectivity index (χ0n) is 12.4. The van der Waals surface area contributed by atoms with Gasteiger partial charge in [-0.15, -0.1) is 0 Å². The molecular formula is C14H19FN4O3. The molecule has 3 heterocycles. The number of rotatable bonds is 4. The fourth-order valence-corrected chi connectivity index (χ4v) is 2.98. The van der Waals surface area contributed by atoms with Crippen LogP contribution in [0.25, 0.3) is 0 Å². The minimum absolute atomic E-state index is 0.00294. The van der Waals surface area contributed by atoms with Crippen LogP contribution < -0.4 is 4.90 Å². The molecule has 2 atom stereocenters. The molecule has 0 aromatic carbocycles. The minimum Gasteiger partial charge on any atom is -0.465 e. The Morgan fingerprint density at radius 3 is 2.95 bits per heavy atom. The smallest absolute Gasteiger partial charge is 0.320 e. The number of carbonyl (C=O) groups excluding carboxylic acids is 1. The first-order chi connectivity index (χ1) is 10.7. The summed E-state index contributed by atoms with van der Waals surface area (Å²) in [7, 11) is 0. The Bertz CT molecular complexity index is 527.